The fourth-order valence-electron chi connectivity index (χ4n) is 4.45. The van der Waals surface area contributed by atoms with Gasteiger partial charge in [-0.3, -0.25) is 9.69 Å². The van der Waals surface area contributed by atoms with E-state index in [1.165, 1.54) is 11.1 Å². The molecule has 4 nitrogen and oxygen atoms in total. The number of carbonyl (C=O) groups is 1. The number of carbonyl (C=O) groups excluding carboxylic acids is 1. The van der Waals surface area contributed by atoms with Crippen molar-refractivity contribution >= 4 is 17.7 Å². The number of likely N-dealkylation sites (tertiary alicyclic amines) is 1. The molecule has 2 aliphatic carbocycles. The lowest BCUT2D eigenvalue weighted by Gasteiger charge is -2.29. The number of benzene rings is 1. The number of nitrogens with zero attached hydrogens (tertiary/aromatic N) is 2. The topological polar surface area (TPSA) is 45.2 Å². The number of rotatable bonds is 5. The summed E-state index contributed by atoms with van der Waals surface area (Å²) in [6.07, 6.45) is 7.15. The number of hydrogen-bond donors (Lipinski definition) is 1. The molecule has 1 saturated carbocycles. The van der Waals surface area contributed by atoms with Crippen LogP contribution in [0.3, 0.4) is 0 Å². The minimum atomic E-state index is -0.00822. The van der Waals surface area contributed by atoms with Gasteiger partial charge in [-0.15, -0.1) is 11.8 Å². The van der Waals surface area contributed by atoms with Gasteiger partial charge in [-0.05, 0) is 55.4 Å². The highest BCUT2D eigenvalue weighted by Gasteiger charge is 2.43. The number of amides is 1. The minimum Gasteiger partial charge on any atom is -0.352 e. The van der Waals surface area contributed by atoms with Crippen LogP contribution in [0, 0.1) is 0 Å². The van der Waals surface area contributed by atoms with Crippen molar-refractivity contribution in [2.24, 2.45) is 0 Å². The lowest BCUT2D eigenvalue weighted by atomic mass is 10.1. The molecule has 2 aromatic rings. The smallest absolute Gasteiger partial charge is 0.237 e. The maximum absolute atomic E-state index is 13.0. The predicted octanol–water partition coefficient (Wildman–Crippen LogP) is 3.06. The Kier molecular flexibility index (Phi) is 4.66. The average molecular weight is 380 g/mol. The molecule has 0 radical (unpaired) electrons. The van der Waals surface area contributed by atoms with Crippen molar-refractivity contribution in [2.75, 3.05) is 6.54 Å². The Morgan fingerprint density at radius 1 is 1.07 bits per heavy atom. The fourth-order valence-corrected chi connectivity index (χ4v) is 5.60. The Morgan fingerprint density at radius 2 is 1.81 bits per heavy atom. The Hall–Kier alpha value is -1.85. The SMILES string of the molecule is O=C(NC1CC1)[C@@H]1C[C@@H](Sc2ccccn2)CN1C1Cc2ccccc2C1. The predicted molar refractivity (Wildman–Crippen MR) is 108 cm³/mol. The van der Waals surface area contributed by atoms with Gasteiger partial charge < -0.3 is 5.32 Å². The van der Waals surface area contributed by atoms with E-state index in [-0.39, 0.29) is 11.9 Å². The van der Waals surface area contributed by atoms with Crippen LogP contribution in [0.5, 0.6) is 0 Å². The van der Waals surface area contributed by atoms with E-state index in [0.717, 1.165) is 43.7 Å². The summed E-state index contributed by atoms with van der Waals surface area (Å²) in [6, 6.07) is 15.6. The van der Waals surface area contributed by atoms with Gasteiger partial charge in [0.05, 0.1) is 11.1 Å². The molecule has 1 amide bonds. The minimum absolute atomic E-state index is 0.00822. The van der Waals surface area contributed by atoms with E-state index in [1.54, 1.807) is 0 Å². The van der Waals surface area contributed by atoms with E-state index < -0.39 is 0 Å². The van der Waals surface area contributed by atoms with Crippen LogP contribution in [0.2, 0.25) is 0 Å². The highest BCUT2D eigenvalue weighted by Crippen LogP contribution is 2.37. The van der Waals surface area contributed by atoms with Crippen LogP contribution >= 0.6 is 11.8 Å². The van der Waals surface area contributed by atoms with Gasteiger partial charge >= 0.3 is 0 Å². The largest absolute Gasteiger partial charge is 0.352 e. The Morgan fingerprint density at radius 3 is 2.48 bits per heavy atom. The van der Waals surface area contributed by atoms with Gasteiger partial charge in [0.2, 0.25) is 5.91 Å². The molecule has 0 unspecified atom stereocenters. The number of aromatic nitrogens is 1. The molecule has 2 heterocycles. The van der Waals surface area contributed by atoms with Crippen molar-refractivity contribution in [3.05, 3.63) is 59.8 Å². The summed E-state index contributed by atoms with van der Waals surface area (Å²) in [5.74, 6) is 0.234. The molecule has 3 aliphatic rings. The van der Waals surface area contributed by atoms with Crippen LogP contribution in [0.15, 0.2) is 53.7 Å². The Balaban J connectivity index is 1.33. The second-order valence-corrected chi connectivity index (χ2v) is 9.29. The third-order valence-electron chi connectivity index (χ3n) is 5.95. The Labute approximate surface area is 164 Å². The molecule has 2 atom stereocenters. The normalized spacial score (nSPS) is 25.5. The maximum Gasteiger partial charge on any atom is 0.237 e. The second-order valence-electron chi connectivity index (χ2n) is 7.97. The molecule has 27 heavy (non-hydrogen) atoms. The molecular formula is C22H25N3OS. The summed E-state index contributed by atoms with van der Waals surface area (Å²) in [5, 5.41) is 4.72. The average Bonchev–Trinajstić information content (AvgIpc) is 3.24. The number of thioether (sulfide) groups is 1. The summed E-state index contributed by atoms with van der Waals surface area (Å²) < 4.78 is 0. The number of pyridine rings is 1. The first-order valence-corrected chi connectivity index (χ1v) is 10.8. The molecule has 1 aliphatic heterocycles. The van der Waals surface area contributed by atoms with E-state index in [4.69, 9.17) is 0 Å². The molecule has 1 aromatic carbocycles. The molecule has 0 spiro atoms. The van der Waals surface area contributed by atoms with Crippen LogP contribution in [-0.4, -0.2) is 45.7 Å². The van der Waals surface area contributed by atoms with Crippen molar-refractivity contribution in [3.63, 3.8) is 0 Å². The zero-order valence-electron chi connectivity index (χ0n) is 15.4. The summed E-state index contributed by atoms with van der Waals surface area (Å²) in [7, 11) is 0. The molecule has 1 N–H and O–H groups in total. The first-order valence-electron chi connectivity index (χ1n) is 9.97. The third kappa shape index (κ3) is 3.76. The zero-order valence-corrected chi connectivity index (χ0v) is 16.2. The van der Waals surface area contributed by atoms with Gasteiger partial charge in [0.1, 0.15) is 0 Å². The molecular weight excluding hydrogens is 354 g/mol. The van der Waals surface area contributed by atoms with Crippen molar-refractivity contribution in [3.8, 4) is 0 Å². The second kappa shape index (κ2) is 7.28. The van der Waals surface area contributed by atoms with E-state index in [0.29, 0.717) is 17.3 Å². The zero-order chi connectivity index (χ0) is 18.2. The van der Waals surface area contributed by atoms with Crippen molar-refractivity contribution in [2.45, 2.75) is 60.5 Å². The molecule has 5 heteroatoms. The molecule has 5 rings (SSSR count). The molecule has 1 saturated heterocycles. The van der Waals surface area contributed by atoms with E-state index in [9.17, 15) is 4.79 Å². The van der Waals surface area contributed by atoms with Crippen LogP contribution in [0.1, 0.15) is 30.4 Å². The van der Waals surface area contributed by atoms with Gasteiger partial charge in [0.15, 0.2) is 0 Å². The van der Waals surface area contributed by atoms with E-state index in [1.807, 2.05) is 30.1 Å². The Bertz CT molecular complexity index is 798. The molecule has 0 bridgehead atoms. The van der Waals surface area contributed by atoms with Gasteiger partial charge in [0, 0.05) is 30.1 Å². The van der Waals surface area contributed by atoms with Gasteiger partial charge in [-0.2, -0.15) is 0 Å². The van der Waals surface area contributed by atoms with Crippen molar-refractivity contribution in [1.82, 2.24) is 15.2 Å². The lowest BCUT2D eigenvalue weighted by Crippen LogP contribution is -2.48. The quantitative estimate of drug-likeness (QED) is 0.867. The number of nitrogens with one attached hydrogen (secondary N) is 1. The monoisotopic (exact) mass is 379 g/mol. The van der Waals surface area contributed by atoms with Crippen LogP contribution in [0.25, 0.3) is 0 Å². The first-order chi connectivity index (χ1) is 13.3. The summed E-state index contributed by atoms with van der Waals surface area (Å²) >= 11 is 1.82. The first kappa shape index (κ1) is 17.3. The van der Waals surface area contributed by atoms with Crippen LogP contribution in [0.4, 0.5) is 0 Å². The summed E-state index contributed by atoms with van der Waals surface area (Å²) in [6.45, 7) is 0.961. The molecule has 1 aromatic heterocycles. The van der Waals surface area contributed by atoms with E-state index >= 15 is 0 Å². The van der Waals surface area contributed by atoms with Crippen molar-refractivity contribution in [1.29, 1.82) is 0 Å². The van der Waals surface area contributed by atoms with Gasteiger partial charge in [0.25, 0.3) is 0 Å². The lowest BCUT2D eigenvalue weighted by molar-refractivity contribution is -0.126. The highest BCUT2D eigenvalue weighted by molar-refractivity contribution is 7.99. The van der Waals surface area contributed by atoms with Crippen LogP contribution in [-0.2, 0) is 17.6 Å². The fraction of sp³-hybridized carbons (Fsp3) is 0.455. The number of hydrogen-bond acceptors (Lipinski definition) is 4. The standard InChI is InChI=1S/C22H25N3OS/c26-22(24-17-8-9-17)20-13-19(27-21-7-3-4-10-23-21)14-25(20)18-11-15-5-1-2-6-16(15)12-18/h1-7,10,17-20H,8-9,11-14H2,(H,24,26)/t19-,20+/m1/s1. The maximum atomic E-state index is 13.0. The molecule has 140 valence electrons. The van der Waals surface area contributed by atoms with Gasteiger partial charge in [-0.25, -0.2) is 4.98 Å². The number of fused-ring (bicyclic) bond motifs is 1. The van der Waals surface area contributed by atoms with Crippen LogP contribution < -0.4 is 5.32 Å². The summed E-state index contributed by atoms with van der Waals surface area (Å²) in [5.41, 5.74) is 2.90. The van der Waals surface area contributed by atoms with Crippen molar-refractivity contribution < 1.29 is 4.79 Å². The summed E-state index contributed by atoms with van der Waals surface area (Å²) in [4.78, 5) is 19.9. The highest BCUT2D eigenvalue weighted by atomic mass is 32.2. The van der Waals surface area contributed by atoms with Gasteiger partial charge in [-0.1, -0.05) is 30.3 Å². The van der Waals surface area contributed by atoms with E-state index in [2.05, 4.69) is 45.5 Å². The third-order valence-corrected chi connectivity index (χ3v) is 7.11. The molecule has 2 fully saturated rings.